The molecule has 0 saturated carbocycles. The molecule has 1 aromatic heterocycles. The molecule has 1 N–H and O–H groups in total. The van der Waals surface area contributed by atoms with E-state index in [4.69, 9.17) is 5.11 Å². The van der Waals surface area contributed by atoms with Crippen LogP contribution in [0.1, 0.15) is 15.2 Å². The summed E-state index contributed by atoms with van der Waals surface area (Å²) in [5.41, 5.74) is 1.16. The van der Waals surface area contributed by atoms with Gasteiger partial charge < -0.3 is 5.11 Å². The molecule has 0 spiro atoms. The lowest BCUT2D eigenvalue weighted by molar-refractivity contribution is 0.0698. The van der Waals surface area contributed by atoms with Crippen LogP contribution in [0.15, 0.2) is 36.4 Å². The topological polar surface area (TPSA) is 37.3 Å². The highest BCUT2D eigenvalue weighted by molar-refractivity contribution is 7.15. The first kappa shape index (κ1) is 9.93. The molecule has 0 bridgehead atoms. The molecule has 0 fully saturated rings. The second-order valence-corrected chi connectivity index (χ2v) is 4.55. The first-order chi connectivity index (χ1) is 7.18. The van der Waals surface area contributed by atoms with Crippen LogP contribution in [0, 0.1) is 6.92 Å². The number of rotatable bonds is 2. The maximum atomic E-state index is 11.0. The van der Waals surface area contributed by atoms with Crippen LogP contribution in [0.4, 0.5) is 0 Å². The van der Waals surface area contributed by atoms with Gasteiger partial charge in [-0.05, 0) is 25.1 Å². The van der Waals surface area contributed by atoms with E-state index in [0.29, 0.717) is 5.56 Å². The van der Waals surface area contributed by atoms with E-state index in [1.165, 1.54) is 4.88 Å². The predicted molar refractivity (Wildman–Crippen MR) is 61.5 cm³/mol. The Bertz CT molecular complexity index is 500. The quantitative estimate of drug-likeness (QED) is 0.838. The summed E-state index contributed by atoms with van der Waals surface area (Å²) in [6.07, 6.45) is 0. The highest BCUT2D eigenvalue weighted by Crippen LogP contribution is 2.30. The molecule has 0 aliphatic heterocycles. The van der Waals surface area contributed by atoms with Gasteiger partial charge in [-0.15, -0.1) is 11.3 Å². The molecule has 0 atom stereocenters. The maximum absolute atomic E-state index is 11.0. The summed E-state index contributed by atoms with van der Waals surface area (Å²) in [6.45, 7) is 2.01. The molecule has 76 valence electrons. The van der Waals surface area contributed by atoms with Crippen LogP contribution < -0.4 is 0 Å². The molecule has 15 heavy (non-hydrogen) atoms. The van der Waals surface area contributed by atoms with Crippen LogP contribution in [0.3, 0.4) is 0 Å². The minimum Gasteiger partial charge on any atom is -0.478 e. The van der Waals surface area contributed by atoms with Gasteiger partial charge in [0.05, 0.1) is 5.56 Å². The number of thiophene rings is 1. The van der Waals surface area contributed by atoms with E-state index >= 15 is 0 Å². The Balaban J connectivity index is 2.57. The lowest BCUT2D eigenvalue weighted by Gasteiger charge is -2.02. The number of carboxylic acids is 1. The Morgan fingerprint density at radius 3 is 2.53 bits per heavy atom. The van der Waals surface area contributed by atoms with Crippen LogP contribution in [0.5, 0.6) is 0 Å². The average Bonchev–Trinajstić information content (AvgIpc) is 2.65. The zero-order valence-electron chi connectivity index (χ0n) is 8.23. The van der Waals surface area contributed by atoms with Gasteiger partial charge in [0, 0.05) is 15.3 Å². The van der Waals surface area contributed by atoms with Crippen molar-refractivity contribution in [2.45, 2.75) is 6.92 Å². The van der Waals surface area contributed by atoms with Gasteiger partial charge in [0.25, 0.3) is 0 Å². The number of aromatic carboxylic acids is 1. The van der Waals surface area contributed by atoms with Crippen molar-refractivity contribution in [3.05, 3.63) is 46.8 Å². The molecular formula is C12H10O2S. The predicted octanol–water partition coefficient (Wildman–Crippen LogP) is 3.42. The molecule has 3 heteroatoms. The molecular weight excluding hydrogens is 208 g/mol. The molecule has 0 aliphatic rings. The van der Waals surface area contributed by atoms with E-state index in [1.807, 2.05) is 31.2 Å². The largest absolute Gasteiger partial charge is 0.478 e. The standard InChI is InChI=1S/C12H10O2S/c1-8-6-7-11(15-8)9-4-2-3-5-10(9)12(13)14/h2-7H,1H3,(H,13,14). The van der Waals surface area contributed by atoms with E-state index in [1.54, 1.807) is 23.5 Å². The lowest BCUT2D eigenvalue weighted by atomic mass is 10.1. The Hall–Kier alpha value is -1.61. The average molecular weight is 218 g/mol. The fourth-order valence-corrected chi connectivity index (χ4v) is 2.37. The van der Waals surface area contributed by atoms with Crippen LogP contribution in [0.2, 0.25) is 0 Å². The lowest BCUT2D eigenvalue weighted by Crippen LogP contribution is -1.97. The SMILES string of the molecule is Cc1ccc(-c2ccccc2C(=O)O)s1. The van der Waals surface area contributed by atoms with Crippen LogP contribution in [-0.4, -0.2) is 11.1 Å². The maximum Gasteiger partial charge on any atom is 0.336 e. The van der Waals surface area contributed by atoms with Crippen molar-refractivity contribution in [1.29, 1.82) is 0 Å². The Morgan fingerprint density at radius 2 is 1.93 bits per heavy atom. The van der Waals surface area contributed by atoms with E-state index in [9.17, 15) is 4.79 Å². The van der Waals surface area contributed by atoms with E-state index < -0.39 is 5.97 Å². The summed E-state index contributed by atoms with van der Waals surface area (Å²) in [5, 5.41) is 9.04. The normalized spacial score (nSPS) is 10.2. The number of carbonyl (C=O) groups is 1. The Morgan fingerprint density at radius 1 is 1.20 bits per heavy atom. The summed E-state index contributed by atoms with van der Waals surface area (Å²) in [4.78, 5) is 13.2. The van der Waals surface area contributed by atoms with Crippen molar-refractivity contribution < 1.29 is 9.90 Å². The highest BCUT2D eigenvalue weighted by atomic mass is 32.1. The third-order valence-electron chi connectivity index (χ3n) is 2.16. The van der Waals surface area contributed by atoms with Crippen molar-refractivity contribution in [1.82, 2.24) is 0 Å². The number of hydrogen-bond donors (Lipinski definition) is 1. The number of hydrogen-bond acceptors (Lipinski definition) is 2. The van der Waals surface area contributed by atoms with Gasteiger partial charge in [0.15, 0.2) is 0 Å². The highest BCUT2D eigenvalue weighted by Gasteiger charge is 2.11. The van der Waals surface area contributed by atoms with Gasteiger partial charge >= 0.3 is 5.97 Å². The van der Waals surface area contributed by atoms with Crippen molar-refractivity contribution in [3.8, 4) is 10.4 Å². The molecule has 2 rings (SSSR count). The summed E-state index contributed by atoms with van der Waals surface area (Å²) >= 11 is 1.61. The van der Waals surface area contributed by atoms with Crippen molar-refractivity contribution >= 4 is 17.3 Å². The van der Waals surface area contributed by atoms with Gasteiger partial charge in [0.2, 0.25) is 0 Å². The Labute approximate surface area is 91.8 Å². The second kappa shape index (κ2) is 3.87. The monoisotopic (exact) mass is 218 g/mol. The fourth-order valence-electron chi connectivity index (χ4n) is 1.46. The first-order valence-corrected chi connectivity index (χ1v) is 5.39. The van der Waals surface area contributed by atoms with Gasteiger partial charge in [-0.25, -0.2) is 4.79 Å². The second-order valence-electron chi connectivity index (χ2n) is 3.26. The Kier molecular flexibility index (Phi) is 2.56. The zero-order chi connectivity index (χ0) is 10.8. The molecule has 0 amide bonds. The van der Waals surface area contributed by atoms with Gasteiger partial charge in [-0.1, -0.05) is 18.2 Å². The summed E-state index contributed by atoms with van der Waals surface area (Å²) < 4.78 is 0. The van der Waals surface area contributed by atoms with Crippen LogP contribution >= 0.6 is 11.3 Å². The van der Waals surface area contributed by atoms with E-state index in [-0.39, 0.29) is 0 Å². The number of carboxylic acid groups (broad SMARTS) is 1. The van der Waals surface area contributed by atoms with Gasteiger partial charge in [-0.3, -0.25) is 0 Å². The first-order valence-electron chi connectivity index (χ1n) is 4.57. The number of aryl methyl sites for hydroxylation is 1. The molecule has 0 unspecified atom stereocenters. The third-order valence-corrected chi connectivity index (χ3v) is 3.20. The molecule has 2 nitrogen and oxygen atoms in total. The smallest absolute Gasteiger partial charge is 0.336 e. The van der Waals surface area contributed by atoms with Gasteiger partial charge in [-0.2, -0.15) is 0 Å². The van der Waals surface area contributed by atoms with E-state index in [2.05, 4.69) is 0 Å². The van der Waals surface area contributed by atoms with Crippen molar-refractivity contribution in [3.63, 3.8) is 0 Å². The fraction of sp³-hybridized carbons (Fsp3) is 0.0833. The minimum atomic E-state index is -0.878. The van der Waals surface area contributed by atoms with E-state index in [0.717, 1.165) is 10.4 Å². The van der Waals surface area contributed by atoms with Crippen molar-refractivity contribution in [2.24, 2.45) is 0 Å². The molecule has 1 heterocycles. The molecule has 1 aromatic carbocycles. The summed E-state index contributed by atoms with van der Waals surface area (Å²) in [6, 6.07) is 11.0. The molecule has 0 aliphatic carbocycles. The summed E-state index contributed by atoms with van der Waals surface area (Å²) in [5.74, 6) is -0.878. The minimum absolute atomic E-state index is 0.361. The van der Waals surface area contributed by atoms with Crippen LogP contribution in [0.25, 0.3) is 10.4 Å². The molecule has 0 radical (unpaired) electrons. The molecule has 2 aromatic rings. The zero-order valence-corrected chi connectivity index (χ0v) is 9.04. The molecule has 0 saturated heterocycles. The summed E-state index contributed by atoms with van der Waals surface area (Å²) in [7, 11) is 0. The van der Waals surface area contributed by atoms with Gasteiger partial charge in [0.1, 0.15) is 0 Å². The third kappa shape index (κ3) is 1.92. The van der Waals surface area contributed by atoms with Crippen LogP contribution in [-0.2, 0) is 0 Å². The number of benzene rings is 1. The van der Waals surface area contributed by atoms with Crippen molar-refractivity contribution in [2.75, 3.05) is 0 Å².